The van der Waals surface area contributed by atoms with Crippen LogP contribution in [0.4, 0.5) is 4.39 Å². The molecule has 0 spiro atoms. The van der Waals surface area contributed by atoms with E-state index >= 15 is 0 Å². The van der Waals surface area contributed by atoms with E-state index in [0.29, 0.717) is 17.7 Å². The van der Waals surface area contributed by atoms with E-state index in [-0.39, 0.29) is 11.6 Å². The number of aryl methyl sites for hydroxylation is 1. The second kappa shape index (κ2) is 8.36. The van der Waals surface area contributed by atoms with E-state index in [1.807, 2.05) is 61.7 Å². The minimum absolute atomic E-state index is 0.283. The van der Waals surface area contributed by atoms with Crippen molar-refractivity contribution in [2.45, 2.75) is 24.4 Å². The van der Waals surface area contributed by atoms with E-state index in [1.54, 1.807) is 28.8 Å². The normalized spacial score (nSPS) is 16.4. The van der Waals surface area contributed by atoms with Crippen LogP contribution in [0.15, 0.2) is 83.5 Å². The van der Waals surface area contributed by atoms with E-state index in [0.717, 1.165) is 21.6 Å². The Labute approximate surface area is 179 Å². The van der Waals surface area contributed by atoms with Gasteiger partial charge in [-0.1, -0.05) is 54.1 Å². The van der Waals surface area contributed by atoms with Gasteiger partial charge < -0.3 is 10.0 Å². The lowest BCUT2D eigenvalue weighted by atomic mass is 9.93. The van der Waals surface area contributed by atoms with Crippen LogP contribution in [0.25, 0.3) is 5.57 Å². The number of aliphatic hydroxyl groups is 1. The topological polar surface area (TPSA) is 40.5 Å². The first-order valence-corrected chi connectivity index (χ1v) is 10.9. The van der Waals surface area contributed by atoms with Gasteiger partial charge in [-0.3, -0.25) is 4.79 Å². The minimum Gasteiger partial charge on any atom is -0.503 e. The molecule has 0 saturated heterocycles. The largest absolute Gasteiger partial charge is 0.503 e. The fraction of sp³-hybridized carbons (Fsp3) is 0.160. The fourth-order valence-corrected chi connectivity index (χ4v) is 4.20. The molecule has 5 heteroatoms. The number of hydrogen-bond acceptors (Lipinski definition) is 3. The van der Waals surface area contributed by atoms with Gasteiger partial charge in [0.2, 0.25) is 0 Å². The average Bonchev–Trinajstić information content (AvgIpc) is 3.00. The van der Waals surface area contributed by atoms with Crippen LogP contribution < -0.4 is 0 Å². The van der Waals surface area contributed by atoms with E-state index in [1.165, 1.54) is 12.1 Å². The number of carbonyl (C=O) groups excluding carboxylic acids is 1. The molecule has 0 bridgehead atoms. The first-order chi connectivity index (χ1) is 14.5. The summed E-state index contributed by atoms with van der Waals surface area (Å²) in [5, 5.41) is 10.8. The van der Waals surface area contributed by atoms with E-state index in [4.69, 9.17) is 0 Å². The lowest BCUT2D eigenvalue weighted by Gasteiger charge is -2.27. The van der Waals surface area contributed by atoms with Crippen LogP contribution >= 0.6 is 11.8 Å². The van der Waals surface area contributed by atoms with Crippen molar-refractivity contribution in [1.82, 2.24) is 4.90 Å². The average molecular weight is 420 g/mol. The van der Waals surface area contributed by atoms with Crippen LogP contribution in [0.2, 0.25) is 0 Å². The van der Waals surface area contributed by atoms with Crippen LogP contribution in [0, 0.1) is 12.7 Å². The summed E-state index contributed by atoms with van der Waals surface area (Å²) in [6, 6.07) is 21.3. The van der Waals surface area contributed by atoms with Crippen LogP contribution in [0.5, 0.6) is 0 Å². The highest BCUT2D eigenvalue weighted by Gasteiger charge is 2.41. The van der Waals surface area contributed by atoms with Gasteiger partial charge >= 0.3 is 0 Å². The van der Waals surface area contributed by atoms with Gasteiger partial charge in [0.05, 0.1) is 6.04 Å². The van der Waals surface area contributed by atoms with Crippen molar-refractivity contribution in [3.8, 4) is 0 Å². The van der Waals surface area contributed by atoms with Crippen molar-refractivity contribution >= 4 is 23.2 Å². The van der Waals surface area contributed by atoms with Crippen molar-refractivity contribution in [2.75, 3.05) is 6.26 Å². The first kappa shape index (κ1) is 20.2. The molecule has 0 aliphatic carbocycles. The summed E-state index contributed by atoms with van der Waals surface area (Å²) in [6.07, 6.45) is 2.01. The zero-order valence-electron chi connectivity index (χ0n) is 16.8. The third-order valence-electron chi connectivity index (χ3n) is 5.34. The maximum absolute atomic E-state index is 14.1. The Kier molecular flexibility index (Phi) is 5.64. The Balaban J connectivity index is 1.78. The number of thioether (sulfide) groups is 1. The molecule has 1 amide bonds. The Morgan fingerprint density at radius 1 is 1.03 bits per heavy atom. The third kappa shape index (κ3) is 3.85. The van der Waals surface area contributed by atoms with Gasteiger partial charge in [-0.2, -0.15) is 0 Å². The fourth-order valence-electron chi connectivity index (χ4n) is 3.80. The Morgan fingerprint density at radius 2 is 1.73 bits per heavy atom. The van der Waals surface area contributed by atoms with E-state index < -0.39 is 11.9 Å². The predicted molar refractivity (Wildman–Crippen MR) is 119 cm³/mol. The van der Waals surface area contributed by atoms with E-state index in [9.17, 15) is 14.3 Å². The number of aliphatic hydroxyl groups excluding tert-OH is 1. The molecule has 3 nitrogen and oxygen atoms in total. The van der Waals surface area contributed by atoms with Crippen molar-refractivity contribution in [3.63, 3.8) is 0 Å². The molecule has 0 aromatic heterocycles. The summed E-state index contributed by atoms with van der Waals surface area (Å²) in [4.78, 5) is 15.8. The predicted octanol–water partition coefficient (Wildman–Crippen LogP) is 5.91. The molecule has 4 rings (SSSR count). The molecule has 0 saturated carbocycles. The van der Waals surface area contributed by atoms with Crippen LogP contribution in [0.3, 0.4) is 0 Å². The molecule has 0 radical (unpaired) electrons. The minimum atomic E-state index is -0.573. The highest BCUT2D eigenvalue weighted by molar-refractivity contribution is 7.98. The molecule has 152 valence electrons. The number of nitrogens with zero attached hydrogens (tertiary/aromatic N) is 1. The van der Waals surface area contributed by atoms with Crippen LogP contribution in [-0.2, 0) is 11.3 Å². The number of hydrogen-bond donors (Lipinski definition) is 1. The summed E-state index contributed by atoms with van der Waals surface area (Å²) < 4.78 is 14.1. The lowest BCUT2D eigenvalue weighted by molar-refractivity contribution is -0.130. The molecule has 1 aliphatic heterocycles. The van der Waals surface area contributed by atoms with Crippen molar-refractivity contribution < 1.29 is 14.3 Å². The summed E-state index contributed by atoms with van der Waals surface area (Å²) in [5.74, 6) is -1.11. The summed E-state index contributed by atoms with van der Waals surface area (Å²) in [6.45, 7) is 2.29. The van der Waals surface area contributed by atoms with Crippen molar-refractivity contribution in [2.24, 2.45) is 0 Å². The molecule has 1 atom stereocenters. The molecule has 0 fully saturated rings. The second-order valence-corrected chi connectivity index (χ2v) is 8.25. The second-order valence-electron chi connectivity index (χ2n) is 7.37. The van der Waals surface area contributed by atoms with E-state index in [2.05, 4.69) is 0 Å². The molecular weight excluding hydrogens is 397 g/mol. The molecule has 1 N–H and O–H groups in total. The standard InChI is InChI=1S/C25H22FNO2S/c1-16-6-10-18(11-7-16)22-23(19-4-3-5-20(26)14-19)27(25(29)24(22)28)15-17-8-12-21(30-2)13-9-17/h3-14,23,28H,15H2,1-2H3/t23-/m0/s1. The Bertz CT molecular complexity index is 1110. The lowest BCUT2D eigenvalue weighted by Crippen LogP contribution is -2.29. The molecular formula is C25H22FNO2S. The summed E-state index contributed by atoms with van der Waals surface area (Å²) >= 11 is 1.65. The Hall–Kier alpha value is -3.05. The van der Waals surface area contributed by atoms with Crippen molar-refractivity contribution in [1.29, 1.82) is 0 Å². The summed E-state index contributed by atoms with van der Waals surface area (Å²) in [7, 11) is 0. The van der Waals surface area contributed by atoms with Gasteiger partial charge in [-0.15, -0.1) is 11.8 Å². The van der Waals surface area contributed by atoms with Gasteiger partial charge in [0.1, 0.15) is 5.82 Å². The van der Waals surface area contributed by atoms with Gasteiger partial charge in [0.25, 0.3) is 5.91 Å². The molecule has 30 heavy (non-hydrogen) atoms. The molecule has 1 aliphatic rings. The summed E-state index contributed by atoms with van der Waals surface area (Å²) in [5.41, 5.74) is 3.91. The number of rotatable bonds is 5. The Morgan fingerprint density at radius 3 is 2.37 bits per heavy atom. The highest BCUT2D eigenvalue weighted by Crippen LogP contribution is 2.43. The molecule has 1 heterocycles. The number of benzene rings is 3. The molecule has 0 unspecified atom stereocenters. The monoisotopic (exact) mass is 419 g/mol. The number of amides is 1. The third-order valence-corrected chi connectivity index (χ3v) is 6.09. The van der Waals surface area contributed by atoms with Gasteiger partial charge in [0.15, 0.2) is 5.76 Å². The van der Waals surface area contributed by atoms with Crippen LogP contribution in [0.1, 0.15) is 28.3 Å². The zero-order valence-corrected chi connectivity index (χ0v) is 17.6. The maximum atomic E-state index is 14.1. The number of carbonyl (C=O) groups is 1. The number of halogens is 1. The first-order valence-electron chi connectivity index (χ1n) is 9.67. The smallest absolute Gasteiger partial charge is 0.290 e. The highest BCUT2D eigenvalue weighted by atomic mass is 32.2. The van der Waals surface area contributed by atoms with Crippen LogP contribution in [-0.4, -0.2) is 22.2 Å². The van der Waals surface area contributed by atoms with Crippen molar-refractivity contribution in [3.05, 3.63) is 107 Å². The van der Waals surface area contributed by atoms with Gasteiger partial charge in [-0.05, 0) is 54.1 Å². The SMILES string of the molecule is CSc1ccc(CN2C(=O)C(O)=C(c3ccc(C)cc3)[C@@H]2c2cccc(F)c2)cc1. The zero-order chi connectivity index (χ0) is 21.3. The molecule has 3 aromatic rings. The molecule has 3 aromatic carbocycles. The maximum Gasteiger partial charge on any atom is 0.290 e. The quantitative estimate of drug-likeness (QED) is 0.523. The van der Waals surface area contributed by atoms with Gasteiger partial charge in [0, 0.05) is 17.0 Å². The van der Waals surface area contributed by atoms with Gasteiger partial charge in [-0.25, -0.2) is 4.39 Å².